The number of piperazine rings is 1. The molecular formula is C15H24N2O. The van der Waals surface area contributed by atoms with E-state index in [4.69, 9.17) is 0 Å². The third-order valence-corrected chi connectivity index (χ3v) is 3.84. The second-order valence-electron chi connectivity index (χ2n) is 5.53. The highest BCUT2D eigenvalue weighted by atomic mass is 16.3. The van der Waals surface area contributed by atoms with E-state index in [0.717, 1.165) is 31.7 Å². The van der Waals surface area contributed by atoms with E-state index < -0.39 is 0 Å². The summed E-state index contributed by atoms with van der Waals surface area (Å²) in [5.74, 6) is 0. The van der Waals surface area contributed by atoms with Crippen LogP contribution in [0.2, 0.25) is 0 Å². The van der Waals surface area contributed by atoms with Gasteiger partial charge < -0.3 is 10.0 Å². The molecule has 2 unspecified atom stereocenters. The van der Waals surface area contributed by atoms with Crippen LogP contribution in [0.15, 0.2) is 24.3 Å². The molecule has 3 heteroatoms. The highest BCUT2D eigenvalue weighted by molar-refractivity contribution is 5.23. The number of hydrogen-bond donors (Lipinski definition) is 1. The van der Waals surface area contributed by atoms with Crippen molar-refractivity contribution in [1.82, 2.24) is 9.80 Å². The number of hydrogen-bond acceptors (Lipinski definition) is 3. The lowest BCUT2D eigenvalue weighted by Crippen LogP contribution is -2.51. The van der Waals surface area contributed by atoms with Gasteiger partial charge in [-0.25, -0.2) is 0 Å². The lowest BCUT2D eigenvalue weighted by molar-refractivity contribution is 0.0474. The number of likely N-dealkylation sites (N-methyl/N-ethyl adjacent to an activating group) is 1. The molecule has 1 heterocycles. The molecule has 1 saturated heterocycles. The molecule has 1 fully saturated rings. The normalized spacial score (nSPS) is 24.1. The third kappa shape index (κ3) is 3.31. The van der Waals surface area contributed by atoms with Crippen LogP contribution < -0.4 is 0 Å². The fourth-order valence-corrected chi connectivity index (χ4v) is 2.56. The van der Waals surface area contributed by atoms with E-state index in [9.17, 15) is 5.11 Å². The van der Waals surface area contributed by atoms with Crippen molar-refractivity contribution in [3.63, 3.8) is 0 Å². The fraction of sp³-hybridized carbons (Fsp3) is 0.600. The maximum absolute atomic E-state index is 10.3. The molecule has 18 heavy (non-hydrogen) atoms. The fourth-order valence-electron chi connectivity index (χ4n) is 2.56. The number of β-amino-alcohol motifs (C(OH)–C–C–N with tert-alkyl or cyclic N) is 1. The first-order valence-electron chi connectivity index (χ1n) is 6.73. The number of aryl methyl sites for hydroxylation is 1. The number of nitrogens with zero attached hydrogens (tertiary/aromatic N) is 2. The quantitative estimate of drug-likeness (QED) is 0.881. The minimum atomic E-state index is -0.378. The summed E-state index contributed by atoms with van der Waals surface area (Å²) in [4.78, 5) is 4.73. The Kier molecular flexibility index (Phi) is 4.38. The third-order valence-electron chi connectivity index (χ3n) is 3.84. The molecule has 0 amide bonds. The number of rotatable bonds is 3. The van der Waals surface area contributed by atoms with Gasteiger partial charge in [0, 0.05) is 32.2 Å². The number of benzene rings is 1. The molecule has 1 aliphatic heterocycles. The molecule has 1 aromatic rings. The molecule has 2 atom stereocenters. The van der Waals surface area contributed by atoms with Crippen LogP contribution in [0.1, 0.15) is 24.2 Å². The Morgan fingerprint density at radius 3 is 2.56 bits per heavy atom. The van der Waals surface area contributed by atoms with Crippen molar-refractivity contribution in [1.29, 1.82) is 0 Å². The van der Waals surface area contributed by atoms with E-state index in [1.807, 2.05) is 12.1 Å². The van der Waals surface area contributed by atoms with Crippen LogP contribution in [0.5, 0.6) is 0 Å². The first-order chi connectivity index (χ1) is 8.56. The van der Waals surface area contributed by atoms with Crippen molar-refractivity contribution >= 4 is 0 Å². The highest BCUT2D eigenvalue weighted by Gasteiger charge is 2.23. The van der Waals surface area contributed by atoms with E-state index in [2.05, 4.69) is 42.8 Å². The Hall–Kier alpha value is -0.900. The van der Waals surface area contributed by atoms with Gasteiger partial charge in [0.1, 0.15) is 0 Å². The van der Waals surface area contributed by atoms with E-state index in [0.29, 0.717) is 6.04 Å². The van der Waals surface area contributed by atoms with Crippen molar-refractivity contribution in [3.8, 4) is 0 Å². The second-order valence-corrected chi connectivity index (χ2v) is 5.53. The van der Waals surface area contributed by atoms with Crippen LogP contribution in [0.3, 0.4) is 0 Å². The molecule has 0 spiro atoms. The average molecular weight is 248 g/mol. The summed E-state index contributed by atoms with van der Waals surface area (Å²) in [6.07, 6.45) is -0.378. The van der Waals surface area contributed by atoms with E-state index in [1.165, 1.54) is 5.56 Å². The van der Waals surface area contributed by atoms with Crippen molar-refractivity contribution in [2.75, 3.05) is 33.2 Å². The zero-order valence-corrected chi connectivity index (χ0v) is 11.6. The zero-order valence-electron chi connectivity index (χ0n) is 11.6. The molecule has 0 bridgehead atoms. The monoisotopic (exact) mass is 248 g/mol. The minimum Gasteiger partial charge on any atom is -0.387 e. The Bertz CT molecular complexity index is 377. The predicted molar refractivity (Wildman–Crippen MR) is 74.7 cm³/mol. The van der Waals surface area contributed by atoms with Gasteiger partial charge in [-0.05, 0) is 26.5 Å². The van der Waals surface area contributed by atoms with Gasteiger partial charge >= 0.3 is 0 Å². The molecule has 3 nitrogen and oxygen atoms in total. The molecule has 0 radical (unpaired) electrons. The summed E-state index contributed by atoms with van der Waals surface area (Å²) in [7, 11) is 2.16. The Labute approximate surface area is 110 Å². The van der Waals surface area contributed by atoms with Crippen LogP contribution in [0.25, 0.3) is 0 Å². The largest absolute Gasteiger partial charge is 0.387 e. The Morgan fingerprint density at radius 1 is 1.28 bits per heavy atom. The van der Waals surface area contributed by atoms with Crippen LogP contribution in [0, 0.1) is 6.92 Å². The van der Waals surface area contributed by atoms with Gasteiger partial charge in [-0.1, -0.05) is 29.8 Å². The molecule has 0 saturated carbocycles. The van der Waals surface area contributed by atoms with Crippen molar-refractivity contribution in [2.24, 2.45) is 0 Å². The van der Waals surface area contributed by atoms with Gasteiger partial charge in [-0.3, -0.25) is 4.90 Å². The van der Waals surface area contributed by atoms with E-state index in [-0.39, 0.29) is 6.10 Å². The first kappa shape index (κ1) is 13.5. The minimum absolute atomic E-state index is 0.378. The summed E-state index contributed by atoms with van der Waals surface area (Å²) < 4.78 is 0. The van der Waals surface area contributed by atoms with Gasteiger partial charge in [-0.15, -0.1) is 0 Å². The number of aliphatic hydroxyl groups excluding tert-OH is 1. The van der Waals surface area contributed by atoms with Gasteiger partial charge in [-0.2, -0.15) is 0 Å². The average Bonchev–Trinajstić information content (AvgIpc) is 2.33. The molecule has 1 N–H and O–H groups in total. The van der Waals surface area contributed by atoms with Crippen LogP contribution in [0.4, 0.5) is 0 Å². The van der Waals surface area contributed by atoms with Crippen molar-refractivity contribution in [2.45, 2.75) is 26.0 Å². The molecular weight excluding hydrogens is 224 g/mol. The number of aliphatic hydroxyl groups is 1. The zero-order chi connectivity index (χ0) is 13.1. The van der Waals surface area contributed by atoms with Crippen LogP contribution in [-0.4, -0.2) is 54.2 Å². The molecule has 100 valence electrons. The lowest BCUT2D eigenvalue weighted by atomic mass is 10.1. The molecule has 1 aromatic carbocycles. The van der Waals surface area contributed by atoms with E-state index >= 15 is 0 Å². The smallest absolute Gasteiger partial charge is 0.0917 e. The SMILES string of the molecule is Cc1ccc(C(O)CN2CCN(C)CC2C)cc1. The molecule has 2 rings (SSSR count). The van der Waals surface area contributed by atoms with Gasteiger partial charge in [0.05, 0.1) is 6.10 Å². The topological polar surface area (TPSA) is 26.7 Å². The van der Waals surface area contributed by atoms with Crippen LogP contribution >= 0.6 is 0 Å². The molecule has 0 aromatic heterocycles. The summed E-state index contributed by atoms with van der Waals surface area (Å²) >= 11 is 0. The first-order valence-corrected chi connectivity index (χ1v) is 6.73. The molecule has 1 aliphatic rings. The summed E-state index contributed by atoms with van der Waals surface area (Å²) in [5.41, 5.74) is 2.26. The lowest BCUT2D eigenvalue weighted by Gasteiger charge is -2.39. The Morgan fingerprint density at radius 2 is 1.94 bits per heavy atom. The van der Waals surface area contributed by atoms with Crippen molar-refractivity contribution in [3.05, 3.63) is 35.4 Å². The van der Waals surface area contributed by atoms with Crippen molar-refractivity contribution < 1.29 is 5.11 Å². The summed E-state index contributed by atoms with van der Waals surface area (Å²) in [6.45, 7) is 8.25. The second kappa shape index (κ2) is 5.83. The van der Waals surface area contributed by atoms with Gasteiger partial charge in [0.2, 0.25) is 0 Å². The van der Waals surface area contributed by atoms with Gasteiger partial charge in [0.15, 0.2) is 0 Å². The summed E-state index contributed by atoms with van der Waals surface area (Å²) in [5, 5.41) is 10.3. The van der Waals surface area contributed by atoms with E-state index in [1.54, 1.807) is 0 Å². The van der Waals surface area contributed by atoms with Gasteiger partial charge in [0.25, 0.3) is 0 Å². The standard InChI is InChI=1S/C15H24N2O/c1-12-4-6-14(7-5-12)15(18)11-17-9-8-16(3)10-13(17)2/h4-7,13,15,18H,8-11H2,1-3H3. The maximum atomic E-state index is 10.3. The maximum Gasteiger partial charge on any atom is 0.0917 e. The van der Waals surface area contributed by atoms with Crippen LogP contribution in [-0.2, 0) is 0 Å². The Balaban J connectivity index is 1.94. The highest BCUT2D eigenvalue weighted by Crippen LogP contribution is 2.18. The molecule has 0 aliphatic carbocycles. The predicted octanol–water partition coefficient (Wildman–Crippen LogP) is 1.66. The summed E-state index contributed by atoms with van der Waals surface area (Å²) in [6, 6.07) is 8.70.